The summed E-state index contributed by atoms with van der Waals surface area (Å²) < 4.78 is 2.42. The maximum absolute atomic E-state index is 12.4. The third-order valence-corrected chi connectivity index (χ3v) is 5.05. The van der Waals surface area contributed by atoms with E-state index in [1.54, 1.807) is 17.5 Å². The highest BCUT2D eigenvalue weighted by Gasteiger charge is 2.09. The highest BCUT2D eigenvalue weighted by Crippen LogP contribution is 2.21. The predicted octanol–water partition coefficient (Wildman–Crippen LogP) is 2.75. The van der Waals surface area contributed by atoms with E-state index in [4.69, 9.17) is 0 Å². The van der Waals surface area contributed by atoms with E-state index in [9.17, 15) is 9.59 Å². The van der Waals surface area contributed by atoms with Gasteiger partial charge in [-0.15, -0.1) is 11.3 Å². The number of amides is 1. The molecule has 25 heavy (non-hydrogen) atoms. The van der Waals surface area contributed by atoms with Crippen molar-refractivity contribution in [3.05, 3.63) is 63.4 Å². The van der Waals surface area contributed by atoms with Gasteiger partial charge >= 0.3 is 0 Å². The molecule has 0 saturated heterocycles. The molecule has 0 unspecified atom stereocenters. The third kappa shape index (κ3) is 3.91. The molecule has 2 aromatic heterocycles. The first-order chi connectivity index (χ1) is 11.9. The van der Waals surface area contributed by atoms with Crippen molar-refractivity contribution in [2.75, 3.05) is 19.0 Å². The number of hydrogen-bond acceptors (Lipinski definition) is 4. The fourth-order valence-electron chi connectivity index (χ4n) is 2.65. The number of fused-ring (bicyclic) bond motifs is 1. The molecule has 1 N–H and O–H groups in total. The van der Waals surface area contributed by atoms with Crippen LogP contribution in [0.4, 0.5) is 5.69 Å². The van der Waals surface area contributed by atoms with E-state index in [0.717, 1.165) is 20.8 Å². The molecule has 1 aromatic carbocycles. The number of aromatic nitrogens is 1. The molecule has 5 nitrogen and oxygen atoms in total. The summed E-state index contributed by atoms with van der Waals surface area (Å²) in [5.74, 6) is -0.176. The highest BCUT2D eigenvalue weighted by molar-refractivity contribution is 7.18. The molecule has 0 radical (unpaired) electrons. The van der Waals surface area contributed by atoms with Crippen LogP contribution in [-0.4, -0.2) is 24.6 Å². The first-order valence-electron chi connectivity index (χ1n) is 8.06. The molecule has 0 atom stereocenters. The zero-order valence-corrected chi connectivity index (χ0v) is 15.4. The topological polar surface area (TPSA) is 54.3 Å². The molecule has 0 bridgehead atoms. The summed E-state index contributed by atoms with van der Waals surface area (Å²) in [5, 5.41) is 3.54. The Morgan fingerprint density at radius 1 is 1.20 bits per heavy atom. The number of anilines is 1. The number of nitrogens with zero attached hydrogens (tertiary/aromatic N) is 2. The lowest BCUT2D eigenvalue weighted by Crippen LogP contribution is -2.31. The Hall–Kier alpha value is -2.60. The number of carbonyl (C=O) groups excluding carboxylic acids is 1. The van der Waals surface area contributed by atoms with Crippen molar-refractivity contribution < 1.29 is 4.79 Å². The molecule has 1 amide bonds. The van der Waals surface area contributed by atoms with Gasteiger partial charge in [-0.3, -0.25) is 9.59 Å². The van der Waals surface area contributed by atoms with Crippen molar-refractivity contribution in [3.8, 4) is 0 Å². The standard InChI is InChI=1S/C19H21N3O2S/c1-13-10-16-17(25-13)8-9-22(19(16)24)12-18(23)20-11-14-4-6-15(7-5-14)21(2)3/h4-10H,11-12H2,1-3H3,(H,20,23). The number of pyridine rings is 1. The van der Waals surface area contributed by atoms with Crippen LogP contribution in [0.15, 0.2) is 47.4 Å². The van der Waals surface area contributed by atoms with Crippen LogP contribution in [-0.2, 0) is 17.9 Å². The average molecular weight is 355 g/mol. The molecule has 0 fully saturated rings. The summed E-state index contributed by atoms with van der Waals surface area (Å²) in [4.78, 5) is 27.7. The van der Waals surface area contributed by atoms with Crippen LogP contribution < -0.4 is 15.8 Å². The fourth-order valence-corrected chi connectivity index (χ4v) is 3.56. The number of benzene rings is 1. The van der Waals surface area contributed by atoms with Gasteiger partial charge in [-0.05, 0) is 36.8 Å². The molecule has 6 heteroatoms. The van der Waals surface area contributed by atoms with E-state index in [1.165, 1.54) is 4.57 Å². The Morgan fingerprint density at radius 3 is 2.60 bits per heavy atom. The second-order valence-electron chi connectivity index (χ2n) is 6.22. The first-order valence-corrected chi connectivity index (χ1v) is 8.88. The molecule has 0 aliphatic heterocycles. The van der Waals surface area contributed by atoms with Gasteiger partial charge in [-0.25, -0.2) is 0 Å². The fraction of sp³-hybridized carbons (Fsp3) is 0.263. The average Bonchev–Trinajstić information content (AvgIpc) is 2.97. The molecular weight excluding hydrogens is 334 g/mol. The number of nitrogens with one attached hydrogen (secondary N) is 1. The van der Waals surface area contributed by atoms with Gasteiger partial charge in [0.1, 0.15) is 6.54 Å². The quantitative estimate of drug-likeness (QED) is 0.766. The normalized spacial score (nSPS) is 10.8. The minimum absolute atomic E-state index is 0.0272. The smallest absolute Gasteiger partial charge is 0.259 e. The van der Waals surface area contributed by atoms with Gasteiger partial charge in [-0.1, -0.05) is 12.1 Å². The molecular formula is C19H21N3O2S. The number of carbonyl (C=O) groups is 1. The lowest BCUT2D eigenvalue weighted by molar-refractivity contribution is -0.121. The lowest BCUT2D eigenvalue weighted by atomic mass is 10.2. The van der Waals surface area contributed by atoms with E-state index in [1.807, 2.05) is 62.3 Å². The molecule has 0 aliphatic carbocycles. The van der Waals surface area contributed by atoms with Crippen molar-refractivity contribution in [1.29, 1.82) is 0 Å². The second kappa shape index (κ2) is 7.11. The summed E-state index contributed by atoms with van der Waals surface area (Å²) in [7, 11) is 3.97. The van der Waals surface area contributed by atoms with Crippen LogP contribution in [0.5, 0.6) is 0 Å². The van der Waals surface area contributed by atoms with Crippen molar-refractivity contribution in [1.82, 2.24) is 9.88 Å². The highest BCUT2D eigenvalue weighted by atomic mass is 32.1. The second-order valence-corrected chi connectivity index (χ2v) is 7.51. The minimum Gasteiger partial charge on any atom is -0.378 e. The summed E-state index contributed by atoms with van der Waals surface area (Å²) in [6.45, 7) is 2.45. The SMILES string of the molecule is Cc1cc2c(=O)n(CC(=O)NCc3ccc(N(C)C)cc3)ccc2s1. The van der Waals surface area contributed by atoms with Crippen LogP contribution in [0.3, 0.4) is 0 Å². The van der Waals surface area contributed by atoms with E-state index < -0.39 is 0 Å². The molecule has 0 spiro atoms. The van der Waals surface area contributed by atoms with Crippen molar-refractivity contribution in [2.24, 2.45) is 0 Å². The summed E-state index contributed by atoms with van der Waals surface area (Å²) >= 11 is 1.59. The van der Waals surface area contributed by atoms with E-state index in [-0.39, 0.29) is 18.0 Å². The molecule has 0 aliphatic rings. The Kier molecular flexibility index (Phi) is 4.90. The van der Waals surface area contributed by atoms with Crippen molar-refractivity contribution >= 4 is 33.0 Å². The Bertz CT molecular complexity index is 955. The maximum Gasteiger partial charge on any atom is 0.259 e. The summed E-state index contributed by atoms with van der Waals surface area (Å²) in [6, 6.07) is 11.8. The van der Waals surface area contributed by atoms with Gasteiger partial charge < -0.3 is 14.8 Å². The van der Waals surface area contributed by atoms with Gasteiger partial charge in [0.05, 0.1) is 5.39 Å². The zero-order valence-electron chi connectivity index (χ0n) is 14.6. The molecule has 130 valence electrons. The summed E-state index contributed by atoms with van der Waals surface area (Å²) in [5.41, 5.74) is 2.02. The monoisotopic (exact) mass is 355 g/mol. The van der Waals surface area contributed by atoms with Crippen molar-refractivity contribution in [2.45, 2.75) is 20.0 Å². The van der Waals surface area contributed by atoms with Crippen molar-refractivity contribution in [3.63, 3.8) is 0 Å². The van der Waals surface area contributed by atoms with E-state index in [0.29, 0.717) is 11.9 Å². The molecule has 2 heterocycles. The van der Waals surface area contributed by atoms with Gasteiger partial charge in [0, 0.05) is 42.1 Å². The molecule has 3 rings (SSSR count). The van der Waals surface area contributed by atoms with Gasteiger partial charge in [0.25, 0.3) is 5.56 Å². The van der Waals surface area contributed by atoms with E-state index in [2.05, 4.69) is 5.32 Å². The number of rotatable bonds is 5. The van der Waals surface area contributed by atoms with E-state index >= 15 is 0 Å². The number of aryl methyl sites for hydroxylation is 1. The summed E-state index contributed by atoms with van der Waals surface area (Å²) in [6.07, 6.45) is 1.69. The number of thiophene rings is 1. The lowest BCUT2D eigenvalue weighted by Gasteiger charge is -2.13. The van der Waals surface area contributed by atoms with Gasteiger partial charge in [0.15, 0.2) is 0 Å². The van der Waals surface area contributed by atoms with Crippen LogP contribution in [0, 0.1) is 6.92 Å². The Balaban J connectivity index is 1.64. The van der Waals surface area contributed by atoms with Crippen LogP contribution in [0.1, 0.15) is 10.4 Å². The Morgan fingerprint density at radius 2 is 1.92 bits per heavy atom. The van der Waals surface area contributed by atoms with Crippen LogP contribution in [0.2, 0.25) is 0 Å². The molecule has 0 saturated carbocycles. The Labute approximate surface area is 150 Å². The van der Waals surface area contributed by atoms with Crippen LogP contribution >= 0.6 is 11.3 Å². The predicted molar refractivity (Wildman–Crippen MR) is 103 cm³/mol. The zero-order chi connectivity index (χ0) is 18.0. The molecule has 3 aromatic rings. The van der Waals surface area contributed by atoms with Crippen LogP contribution in [0.25, 0.3) is 10.1 Å². The maximum atomic E-state index is 12.4. The minimum atomic E-state index is -0.176. The number of hydrogen-bond donors (Lipinski definition) is 1. The van der Waals surface area contributed by atoms with Gasteiger partial charge in [0.2, 0.25) is 5.91 Å². The first kappa shape index (κ1) is 17.2. The third-order valence-electron chi connectivity index (χ3n) is 4.04. The van der Waals surface area contributed by atoms with Gasteiger partial charge in [-0.2, -0.15) is 0 Å². The largest absolute Gasteiger partial charge is 0.378 e.